The molecule has 1 heterocycles. The monoisotopic (exact) mass is 422 g/mol. The number of carbonyl (C=O) groups excluding carboxylic acids is 2. The van der Waals surface area contributed by atoms with Crippen molar-refractivity contribution in [3.63, 3.8) is 0 Å². The Hall–Kier alpha value is -3.61. The molecule has 31 heavy (non-hydrogen) atoms. The van der Waals surface area contributed by atoms with Gasteiger partial charge in [-0.3, -0.25) is 0 Å². The SMILES string of the molecule is Cc1cc2oc(=O)cc(COC(=O)c3ccc(CNC(=O)NC(C)C)cc3)c2cc1C. The number of nitrogens with one attached hydrogen (secondary N) is 2. The van der Waals surface area contributed by atoms with E-state index >= 15 is 0 Å². The molecule has 0 saturated heterocycles. The first-order valence-corrected chi connectivity index (χ1v) is 10.1. The van der Waals surface area contributed by atoms with Crippen LogP contribution in [0.15, 0.2) is 51.7 Å². The van der Waals surface area contributed by atoms with Crippen molar-refractivity contribution in [3.05, 3.63) is 80.7 Å². The third-order valence-corrected chi connectivity index (χ3v) is 4.87. The van der Waals surface area contributed by atoms with Crippen molar-refractivity contribution < 1.29 is 18.7 Å². The van der Waals surface area contributed by atoms with Gasteiger partial charge in [0.05, 0.1) is 5.56 Å². The minimum Gasteiger partial charge on any atom is -0.457 e. The Balaban J connectivity index is 1.65. The van der Waals surface area contributed by atoms with Gasteiger partial charge in [0.25, 0.3) is 0 Å². The summed E-state index contributed by atoms with van der Waals surface area (Å²) >= 11 is 0. The minimum atomic E-state index is -0.498. The molecule has 0 bridgehead atoms. The van der Waals surface area contributed by atoms with Crippen molar-refractivity contribution in [1.82, 2.24) is 10.6 Å². The topological polar surface area (TPSA) is 97.6 Å². The second kappa shape index (κ2) is 9.47. The van der Waals surface area contributed by atoms with Gasteiger partial charge in [-0.05, 0) is 68.7 Å². The van der Waals surface area contributed by atoms with Crippen LogP contribution in [0.4, 0.5) is 4.79 Å². The lowest BCUT2D eigenvalue weighted by Crippen LogP contribution is -2.39. The fourth-order valence-electron chi connectivity index (χ4n) is 3.08. The number of amides is 2. The highest BCUT2D eigenvalue weighted by atomic mass is 16.5. The summed E-state index contributed by atoms with van der Waals surface area (Å²) in [5, 5.41) is 6.24. The zero-order valence-electron chi connectivity index (χ0n) is 18.1. The van der Waals surface area contributed by atoms with E-state index in [9.17, 15) is 14.4 Å². The number of urea groups is 1. The van der Waals surface area contributed by atoms with Gasteiger partial charge in [0, 0.05) is 29.6 Å². The number of esters is 1. The summed E-state index contributed by atoms with van der Waals surface area (Å²) in [6, 6.07) is 11.7. The number of rotatable bonds is 6. The van der Waals surface area contributed by atoms with Crippen molar-refractivity contribution in [2.75, 3.05) is 0 Å². The molecule has 7 heteroatoms. The Morgan fingerprint density at radius 3 is 2.39 bits per heavy atom. The Kier molecular flexibility index (Phi) is 6.74. The van der Waals surface area contributed by atoms with Crippen LogP contribution in [0.5, 0.6) is 0 Å². The van der Waals surface area contributed by atoms with Gasteiger partial charge in [-0.1, -0.05) is 12.1 Å². The number of fused-ring (bicyclic) bond motifs is 1. The van der Waals surface area contributed by atoms with Crippen LogP contribution < -0.4 is 16.3 Å². The van der Waals surface area contributed by atoms with Gasteiger partial charge < -0.3 is 19.8 Å². The highest BCUT2D eigenvalue weighted by molar-refractivity contribution is 5.89. The third-order valence-electron chi connectivity index (χ3n) is 4.87. The maximum atomic E-state index is 12.5. The molecule has 2 amide bonds. The van der Waals surface area contributed by atoms with E-state index in [1.807, 2.05) is 39.8 Å². The molecule has 0 atom stereocenters. The maximum Gasteiger partial charge on any atom is 0.338 e. The van der Waals surface area contributed by atoms with Crippen LogP contribution in [-0.4, -0.2) is 18.0 Å². The number of ether oxygens (including phenoxy) is 1. The van der Waals surface area contributed by atoms with Crippen LogP contribution in [0.1, 0.15) is 46.5 Å². The Morgan fingerprint density at radius 1 is 1.03 bits per heavy atom. The van der Waals surface area contributed by atoms with Gasteiger partial charge in [-0.2, -0.15) is 0 Å². The molecule has 0 spiro atoms. The van der Waals surface area contributed by atoms with E-state index in [2.05, 4.69) is 10.6 Å². The Labute approximate surface area is 180 Å². The average Bonchev–Trinajstić information content (AvgIpc) is 2.71. The molecule has 0 aliphatic heterocycles. The molecule has 0 saturated carbocycles. The summed E-state index contributed by atoms with van der Waals surface area (Å²) in [7, 11) is 0. The highest BCUT2D eigenvalue weighted by Crippen LogP contribution is 2.22. The van der Waals surface area contributed by atoms with E-state index < -0.39 is 11.6 Å². The molecule has 162 valence electrons. The van der Waals surface area contributed by atoms with Gasteiger partial charge in [-0.15, -0.1) is 0 Å². The molecule has 0 aliphatic carbocycles. The standard InChI is InChI=1S/C24H26N2O5/c1-14(2)26-24(29)25-12-17-5-7-18(8-6-17)23(28)30-13-19-11-22(27)31-21-10-16(4)15(3)9-20(19)21/h5-11,14H,12-13H2,1-4H3,(H2,25,26,29). The number of aryl methyl sites for hydroxylation is 2. The number of hydrogen-bond acceptors (Lipinski definition) is 5. The van der Waals surface area contributed by atoms with E-state index in [-0.39, 0.29) is 18.7 Å². The molecule has 2 N–H and O–H groups in total. The molecule has 3 aromatic rings. The first-order valence-electron chi connectivity index (χ1n) is 10.1. The second-order valence-electron chi connectivity index (χ2n) is 7.78. The minimum absolute atomic E-state index is 0.0396. The molecule has 0 aliphatic rings. The molecule has 2 aromatic carbocycles. The van der Waals surface area contributed by atoms with E-state index in [0.717, 1.165) is 22.1 Å². The molecule has 7 nitrogen and oxygen atoms in total. The molecular weight excluding hydrogens is 396 g/mol. The van der Waals surface area contributed by atoms with Crippen molar-refractivity contribution >= 4 is 23.0 Å². The van der Waals surface area contributed by atoms with Crippen molar-refractivity contribution in [2.45, 2.75) is 46.9 Å². The average molecular weight is 422 g/mol. The lowest BCUT2D eigenvalue weighted by molar-refractivity contribution is 0.0473. The normalized spacial score (nSPS) is 10.9. The molecule has 1 aromatic heterocycles. The first kappa shape index (κ1) is 22.1. The van der Waals surface area contributed by atoms with Crippen molar-refractivity contribution in [2.24, 2.45) is 0 Å². The highest BCUT2D eigenvalue weighted by Gasteiger charge is 2.12. The van der Waals surface area contributed by atoms with Crippen molar-refractivity contribution in [1.29, 1.82) is 0 Å². The summed E-state index contributed by atoms with van der Waals surface area (Å²) in [4.78, 5) is 36.0. The molecule has 0 unspecified atom stereocenters. The van der Waals surface area contributed by atoms with Gasteiger partial charge in [0.1, 0.15) is 12.2 Å². The predicted octanol–water partition coefficient (Wildman–Crippen LogP) is 3.97. The molecule has 0 radical (unpaired) electrons. The second-order valence-corrected chi connectivity index (χ2v) is 7.78. The zero-order valence-corrected chi connectivity index (χ0v) is 18.1. The third kappa shape index (κ3) is 5.72. The van der Waals surface area contributed by atoms with Gasteiger partial charge in [0.15, 0.2) is 0 Å². The van der Waals surface area contributed by atoms with Gasteiger partial charge in [-0.25, -0.2) is 14.4 Å². The zero-order chi connectivity index (χ0) is 22.5. The van der Waals surface area contributed by atoms with Gasteiger partial charge in [0.2, 0.25) is 0 Å². The lowest BCUT2D eigenvalue weighted by atomic mass is 10.0. The molecule has 3 rings (SSSR count). The Bertz CT molecular complexity index is 1160. The predicted molar refractivity (Wildman–Crippen MR) is 118 cm³/mol. The molecule has 0 fully saturated rings. The number of hydrogen-bond donors (Lipinski definition) is 2. The number of carbonyl (C=O) groups is 2. The van der Waals surface area contributed by atoms with Crippen LogP contribution in [0, 0.1) is 13.8 Å². The Morgan fingerprint density at radius 2 is 1.71 bits per heavy atom. The van der Waals surface area contributed by atoms with E-state index in [1.54, 1.807) is 24.3 Å². The van der Waals surface area contributed by atoms with Crippen LogP contribution in [0.3, 0.4) is 0 Å². The lowest BCUT2D eigenvalue weighted by Gasteiger charge is -2.11. The van der Waals surface area contributed by atoms with E-state index in [0.29, 0.717) is 23.3 Å². The first-order chi connectivity index (χ1) is 14.7. The quantitative estimate of drug-likeness (QED) is 0.463. The summed E-state index contributed by atoms with van der Waals surface area (Å²) in [6.07, 6.45) is 0. The maximum absolute atomic E-state index is 12.5. The van der Waals surface area contributed by atoms with Crippen LogP contribution in [0.25, 0.3) is 11.0 Å². The fourth-order valence-corrected chi connectivity index (χ4v) is 3.08. The smallest absolute Gasteiger partial charge is 0.338 e. The van der Waals surface area contributed by atoms with E-state index in [1.165, 1.54) is 6.07 Å². The van der Waals surface area contributed by atoms with Crippen LogP contribution in [-0.2, 0) is 17.9 Å². The van der Waals surface area contributed by atoms with Crippen molar-refractivity contribution in [3.8, 4) is 0 Å². The van der Waals surface area contributed by atoms with E-state index in [4.69, 9.17) is 9.15 Å². The van der Waals surface area contributed by atoms with Crippen LogP contribution >= 0.6 is 0 Å². The molecular formula is C24H26N2O5. The van der Waals surface area contributed by atoms with Gasteiger partial charge >= 0.3 is 17.6 Å². The number of benzene rings is 2. The summed E-state index contributed by atoms with van der Waals surface area (Å²) in [5.74, 6) is -0.498. The largest absolute Gasteiger partial charge is 0.457 e. The summed E-state index contributed by atoms with van der Waals surface area (Å²) in [5.41, 5.74) is 3.89. The fraction of sp³-hybridized carbons (Fsp3) is 0.292. The summed E-state index contributed by atoms with van der Waals surface area (Å²) < 4.78 is 10.7. The summed E-state index contributed by atoms with van der Waals surface area (Å²) in [6.45, 7) is 7.98. The van der Waals surface area contributed by atoms with Crippen LogP contribution in [0.2, 0.25) is 0 Å².